The van der Waals surface area contributed by atoms with Crippen molar-refractivity contribution in [3.8, 4) is 0 Å². The number of hydrogen-bond donors (Lipinski definition) is 1. The summed E-state index contributed by atoms with van der Waals surface area (Å²) in [6, 6.07) is 18.9. The Kier molecular flexibility index (Phi) is 3.89. The van der Waals surface area contributed by atoms with Crippen LogP contribution in [0.5, 0.6) is 0 Å². The van der Waals surface area contributed by atoms with Crippen LogP contribution >= 0.6 is 11.8 Å². The van der Waals surface area contributed by atoms with E-state index in [1.807, 2.05) is 6.07 Å². The van der Waals surface area contributed by atoms with Crippen molar-refractivity contribution in [1.82, 2.24) is 0 Å². The third-order valence-electron chi connectivity index (χ3n) is 2.43. The lowest BCUT2D eigenvalue weighted by Gasteiger charge is -2.06. The molecule has 0 amide bonds. The van der Waals surface area contributed by atoms with Crippen molar-refractivity contribution in [2.24, 2.45) is 0 Å². The maximum atomic E-state index is 3.40. The molecule has 1 nitrogen and oxygen atoms in total. The average Bonchev–Trinajstić information content (AvgIpc) is 2.38. The van der Waals surface area contributed by atoms with Gasteiger partial charge in [0.15, 0.2) is 0 Å². The minimum absolute atomic E-state index is 0.874. The lowest BCUT2D eigenvalue weighted by atomic mass is 10.2. The summed E-state index contributed by atoms with van der Waals surface area (Å²) in [5, 5.41) is 3.40. The second kappa shape index (κ2) is 5.61. The summed E-state index contributed by atoms with van der Waals surface area (Å²) in [5.41, 5.74) is 2.47. The van der Waals surface area contributed by atoms with Crippen LogP contribution in [0.3, 0.4) is 0 Å². The summed E-state index contributed by atoms with van der Waals surface area (Å²) >= 11 is 1.76. The fourth-order valence-electron chi connectivity index (χ4n) is 1.51. The number of rotatable bonds is 4. The number of hydrogen-bond acceptors (Lipinski definition) is 2. The van der Waals surface area contributed by atoms with Crippen molar-refractivity contribution in [2.45, 2.75) is 11.4 Å². The molecule has 0 atom stereocenters. The van der Waals surface area contributed by atoms with Gasteiger partial charge in [-0.25, -0.2) is 0 Å². The highest BCUT2D eigenvalue weighted by Crippen LogP contribution is 2.17. The molecule has 0 saturated heterocycles. The van der Waals surface area contributed by atoms with Gasteiger partial charge in [-0.2, -0.15) is 0 Å². The van der Waals surface area contributed by atoms with Gasteiger partial charge in [0, 0.05) is 17.1 Å². The van der Waals surface area contributed by atoms with E-state index in [2.05, 4.69) is 60.1 Å². The van der Waals surface area contributed by atoms with Crippen LogP contribution in [-0.4, -0.2) is 6.26 Å². The molecule has 0 radical (unpaired) electrons. The van der Waals surface area contributed by atoms with E-state index in [9.17, 15) is 0 Å². The van der Waals surface area contributed by atoms with Crippen molar-refractivity contribution in [1.29, 1.82) is 0 Å². The van der Waals surface area contributed by atoms with Gasteiger partial charge in [-0.05, 0) is 36.1 Å². The number of thioether (sulfide) groups is 1. The molecule has 0 aliphatic rings. The average molecular weight is 229 g/mol. The molecule has 0 fully saturated rings. The highest BCUT2D eigenvalue weighted by Gasteiger charge is 1.94. The summed E-state index contributed by atoms with van der Waals surface area (Å²) in [6.45, 7) is 0.874. The summed E-state index contributed by atoms with van der Waals surface area (Å²) in [5.74, 6) is 0. The summed E-state index contributed by atoms with van der Waals surface area (Å²) < 4.78 is 0. The second-order valence-corrected chi connectivity index (χ2v) is 4.45. The number of nitrogens with one attached hydrogen (secondary N) is 1. The highest BCUT2D eigenvalue weighted by atomic mass is 32.2. The molecular formula is C14H15NS. The molecule has 0 saturated carbocycles. The van der Waals surface area contributed by atoms with E-state index in [4.69, 9.17) is 0 Å². The van der Waals surface area contributed by atoms with E-state index in [1.54, 1.807) is 11.8 Å². The molecule has 2 aromatic rings. The van der Waals surface area contributed by atoms with E-state index < -0.39 is 0 Å². The molecule has 0 aromatic heterocycles. The zero-order valence-electron chi connectivity index (χ0n) is 9.31. The van der Waals surface area contributed by atoms with Crippen molar-refractivity contribution < 1.29 is 0 Å². The van der Waals surface area contributed by atoms with Crippen molar-refractivity contribution in [3.63, 3.8) is 0 Å². The third kappa shape index (κ3) is 3.04. The second-order valence-electron chi connectivity index (χ2n) is 3.57. The minimum Gasteiger partial charge on any atom is -0.381 e. The van der Waals surface area contributed by atoms with Gasteiger partial charge < -0.3 is 5.32 Å². The lowest BCUT2D eigenvalue weighted by Crippen LogP contribution is -1.98. The Labute approximate surface area is 101 Å². The predicted molar refractivity (Wildman–Crippen MR) is 72.0 cm³/mol. The van der Waals surface area contributed by atoms with Crippen LogP contribution in [0.4, 0.5) is 5.69 Å². The standard InChI is InChI=1S/C14H15NS/c1-16-14-9-7-13(8-10-14)15-11-12-5-3-2-4-6-12/h2-10,15H,11H2,1H3. The molecule has 16 heavy (non-hydrogen) atoms. The van der Waals surface area contributed by atoms with Crippen LogP contribution in [0.15, 0.2) is 59.5 Å². The summed E-state index contributed by atoms with van der Waals surface area (Å²) in [6.07, 6.45) is 2.09. The van der Waals surface area contributed by atoms with Gasteiger partial charge >= 0.3 is 0 Å². The first-order chi connectivity index (χ1) is 7.88. The molecule has 1 N–H and O–H groups in total. The monoisotopic (exact) mass is 229 g/mol. The largest absolute Gasteiger partial charge is 0.381 e. The molecule has 0 spiro atoms. The molecule has 82 valence electrons. The summed E-state index contributed by atoms with van der Waals surface area (Å²) in [7, 11) is 0. The molecule has 0 aliphatic carbocycles. The number of anilines is 1. The Morgan fingerprint density at radius 1 is 0.938 bits per heavy atom. The molecule has 2 rings (SSSR count). The smallest absolute Gasteiger partial charge is 0.0400 e. The molecule has 0 heterocycles. The van der Waals surface area contributed by atoms with Gasteiger partial charge in [-0.1, -0.05) is 30.3 Å². The van der Waals surface area contributed by atoms with E-state index in [0.717, 1.165) is 6.54 Å². The van der Waals surface area contributed by atoms with Gasteiger partial charge in [0.1, 0.15) is 0 Å². The molecular weight excluding hydrogens is 214 g/mol. The normalized spacial score (nSPS) is 10.1. The fourth-order valence-corrected chi connectivity index (χ4v) is 1.92. The first-order valence-electron chi connectivity index (χ1n) is 5.30. The van der Waals surface area contributed by atoms with Crippen molar-refractivity contribution >= 4 is 17.4 Å². The fraction of sp³-hybridized carbons (Fsp3) is 0.143. The van der Waals surface area contributed by atoms with Gasteiger partial charge in [0.2, 0.25) is 0 Å². The summed E-state index contributed by atoms with van der Waals surface area (Å²) in [4.78, 5) is 1.30. The van der Waals surface area contributed by atoms with Crippen LogP contribution in [0, 0.1) is 0 Å². The van der Waals surface area contributed by atoms with Crippen LogP contribution < -0.4 is 5.32 Å². The first-order valence-corrected chi connectivity index (χ1v) is 6.53. The zero-order valence-corrected chi connectivity index (χ0v) is 10.1. The van der Waals surface area contributed by atoms with Crippen LogP contribution in [0.25, 0.3) is 0 Å². The third-order valence-corrected chi connectivity index (χ3v) is 3.17. The Morgan fingerprint density at radius 3 is 2.25 bits per heavy atom. The van der Waals surface area contributed by atoms with E-state index >= 15 is 0 Å². The molecule has 0 bridgehead atoms. The van der Waals surface area contributed by atoms with Crippen LogP contribution in [0.2, 0.25) is 0 Å². The molecule has 0 aliphatic heterocycles. The van der Waals surface area contributed by atoms with Crippen LogP contribution in [0.1, 0.15) is 5.56 Å². The SMILES string of the molecule is CSc1ccc(NCc2ccccc2)cc1. The van der Waals surface area contributed by atoms with E-state index in [-0.39, 0.29) is 0 Å². The Balaban J connectivity index is 1.94. The van der Waals surface area contributed by atoms with Gasteiger partial charge in [-0.15, -0.1) is 11.8 Å². The van der Waals surface area contributed by atoms with Crippen molar-refractivity contribution in [2.75, 3.05) is 11.6 Å². The Hall–Kier alpha value is -1.41. The zero-order chi connectivity index (χ0) is 11.2. The minimum atomic E-state index is 0.874. The Bertz CT molecular complexity index is 422. The van der Waals surface area contributed by atoms with E-state index in [1.165, 1.54) is 16.1 Å². The van der Waals surface area contributed by atoms with Crippen molar-refractivity contribution in [3.05, 3.63) is 60.2 Å². The number of benzene rings is 2. The molecule has 2 heteroatoms. The topological polar surface area (TPSA) is 12.0 Å². The van der Waals surface area contributed by atoms with E-state index in [0.29, 0.717) is 0 Å². The van der Waals surface area contributed by atoms with Crippen LogP contribution in [-0.2, 0) is 6.54 Å². The highest BCUT2D eigenvalue weighted by molar-refractivity contribution is 7.98. The van der Waals surface area contributed by atoms with Gasteiger partial charge in [0.25, 0.3) is 0 Å². The molecule has 0 unspecified atom stereocenters. The first kappa shape index (κ1) is 11.1. The Morgan fingerprint density at radius 2 is 1.62 bits per heavy atom. The lowest BCUT2D eigenvalue weighted by molar-refractivity contribution is 1.15. The maximum absolute atomic E-state index is 3.40. The van der Waals surface area contributed by atoms with Gasteiger partial charge in [0.05, 0.1) is 0 Å². The van der Waals surface area contributed by atoms with Gasteiger partial charge in [-0.3, -0.25) is 0 Å². The molecule has 2 aromatic carbocycles. The maximum Gasteiger partial charge on any atom is 0.0400 e. The predicted octanol–water partition coefficient (Wildman–Crippen LogP) is 4.02. The quantitative estimate of drug-likeness (QED) is 0.795.